The summed E-state index contributed by atoms with van der Waals surface area (Å²) in [6, 6.07) is 0.259. The lowest BCUT2D eigenvalue weighted by Gasteiger charge is -2.26. The van der Waals surface area contributed by atoms with Gasteiger partial charge in [0.25, 0.3) is 0 Å². The largest absolute Gasteiger partial charge is 0.480 e. The summed E-state index contributed by atoms with van der Waals surface area (Å²) in [6.07, 6.45) is 6.28. The highest BCUT2D eigenvalue weighted by molar-refractivity contribution is 7.91. The van der Waals surface area contributed by atoms with E-state index in [2.05, 4.69) is 9.55 Å². The third-order valence-corrected chi connectivity index (χ3v) is 5.87. The van der Waals surface area contributed by atoms with Gasteiger partial charge in [0.2, 0.25) is 0 Å². The second kappa shape index (κ2) is 5.42. The van der Waals surface area contributed by atoms with Crippen LogP contribution in [-0.2, 0) is 21.2 Å². The molecule has 7 nitrogen and oxygen atoms in total. The smallest absolute Gasteiger partial charge is 0.317 e. The zero-order chi connectivity index (χ0) is 15.0. The number of rotatable bonds is 6. The molecule has 2 heterocycles. The molecule has 1 aliphatic carbocycles. The van der Waals surface area contributed by atoms with Gasteiger partial charge < -0.3 is 9.67 Å². The van der Waals surface area contributed by atoms with E-state index in [1.165, 1.54) is 0 Å². The number of carbonyl (C=O) groups is 1. The lowest BCUT2D eigenvalue weighted by molar-refractivity contribution is -0.139. The van der Waals surface area contributed by atoms with Crippen molar-refractivity contribution in [2.24, 2.45) is 0 Å². The van der Waals surface area contributed by atoms with Crippen LogP contribution in [0, 0.1) is 0 Å². The maximum absolute atomic E-state index is 11.6. The fraction of sp³-hybridized carbons (Fsp3) is 0.692. The number of aliphatic carboxylic acids is 1. The minimum absolute atomic E-state index is 0.0534. The number of sulfone groups is 1. The highest BCUT2D eigenvalue weighted by Crippen LogP contribution is 2.36. The first-order valence-corrected chi connectivity index (χ1v) is 8.94. The third-order valence-electron chi connectivity index (χ3n) is 4.11. The van der Waals surface area contributed by atoms with Gasteiger partial charge >= 0.3 is 5.97 Å². The predicted molar refractivity (Wildman–Crippen MR) is 75.6 cm³/mol. The van der Waals surface area contributed by atoms with Crippen LogP contribution in [0.5, 0.6) is 0 Å². The van der Waals surface area contributed by atoms with Gasteiger partial charge in [0.15, 0.2) is 9.84 Å². The Hall–Kier alpha value is -1.41. The first kappa shape index (κ1) is 14.5. The molecule has 1 aromatic rings. The molecule has 1 saturated heterocycles. The number of imidazole rings is 1. The van der Waals surface area contributed by atoms with Gasteiger partial charge in [-0.25, -0.2) is 13.4 Å². The van der Waals surface area contributed by atoms with Crippen LogP contribution in [0.15, 0.2) is 12.5 Å². The van der Waals surface area contributed by atoms with Crippen LogP contribution in [0.2, 0.25) is 0 Å². The SMILES string of the molecule is O=C(O)CN(Cc1cncn1C1CC1)C1CCS(=O)(=O)C1. The topological polar surface area (TPSA) is 92.5 Å². The molecule has 8 heteroatoms. The molecular formula is C13H19N3O4S. The summed E-state index contributed by atoms with van der Waals surface area (Å²) in [6.45, 7) is 0.291. The van der Waals surface area contributed by atoms with E-state index in [9.17, 15) is 13.2 Å². The summed E-state index contributed by atoms with van der Waals surface area (Å²) in [5.74, 6) is -0.732. The first-order chi connectivity index (χ1) is 9.94. The molecular weight excluding hydrogens is 294 g/mol. The molecule has 1 aliphatic heterocycles. The summed E-state index contributed by atoms with van der Waals surface area (Å²) in [4.78, 5) is 17.0. The van der Waals surface area contributed by atoms with E-state index in [4.69, 9.17) is 5.11 Å². The molecule has 1 aromatic heterocycles. The number of hydrogen-bond donors (Lipinski definition) is 1. The highest BCUT2D eigenvalue weighted by atomic mass is 32.2. The zero-order valence-corrected chi connectivity index (χ0v) is 12.5. The third kappa shape index (κ3) is 3.44. The highest BCUT2D eigenvalue weighted by Gasteiger charge is 2.34. The lowest BCUT2D eigenvalue weighted by Crippen LogP contribution is -2.39. The Morgan fingerprint density at radius 3 is 2.76 bits per heavy atom. The summed E-state index contributed by atoms with van der Waals surface area (Å²) in [7, 11) is -3.03. The van der Waals surface area contributed by atoms with Crippen LogP contribution < -0.4 is 0 Å². The second-order valence-electron chi connectivity index (χ2n) is 5.88. The molecule has 0 amide bonds. The molecule has 1 unspecified atom stereocenters. The Balaban J connectivity index is 1.76. The normalized spacial score (nSPS) is 24.5. The van der Waals surface area contributed by atoms with Gasteiger partial charge in [-0.2, -0.15) is 0 Å². The van der Waals surface area contributed by atoms with Crippen molar-refractivity contribution in [3.63, 3.8) is 0 Å². The van der Waals surface area contributed by atoms with E-state index in [1.807, 2.05) is 0 Å². The van der Waals surface area contributed by atoms with Crippen molar-refractivity contribution in [3.05, 3.63) is 18.2 Å². The Bertz CT molecular complexity index is 636. The van der Waals surface area contributed by atoms with Crippen LogP contribution in [0.25, 0.3) is 0 Å². The van der Waals surface area contributed by atoms with Gasteiger partial charge in [0.05, 0.1) is 30.1 Å². The van der Waals surface area contributed by atoms with Crippen molar-refractivity contribution in [3.8, 4) is 0 Å². The summed E-state index contributed by atoms with van der Waals surface area (Å²) in [5, 5.41) is 9.08. The van der Waals surface area contributed by atoms with Gasteiger partial charge in [0, 0.05) is 24.8 Å². The maximum atomic E-state index is 11.6. The molecule has 116 valence electrons. The fourth-order valence-electron chi connectivity index (χ4n) is 2.90. The Labute approximate surface area is 123 Å². The average Bonchev–Trinajstić information content (AvgIpc) is 3.02. The van der Waals surface area contributed by atoms with Gasteiger partial charge in [-0.1, -0.05) is 0 Å². The van der Waals surface area contributed by atoms with E-state index in [-0.39, 0.29) is 24.1 Å². The molecule has 1 saturated carbocycles. The van der Waals surface area contributed by atoms with Crippen LogP contribution >= 0.6 is 0 Å². The first-order valence-electron chi connectivity index (χ1n) is 7.11. The van der Waals surface area contributed by atoms with Gasteiger partial charge in [0.1, 0.15) is 0 Å². The molecule has 21 heavy (non-hydrogen) atoms. The quantitative estimate of drug-likeness (QED) is 0.811. The van der Waals surface area contributed by atoms with Crippen LogP contribution in [-0.4, -0.2) is 58.0 Å². The number of carboxylic acid groups (broad SMARTS) is 1. The molecule has 1 atom stereocenters. The van der Waals surface area contributed by atoms with E-state index < -0.39 is 15.8 Å². The molecule has 0 spiro atoms. The summed E-state index contributed by atoms with van der Waals surface area (Å²) >= 11 is 0. The van der Waals surface area contributed by atoms with Crippen molar-refractivity contribution in [2.75, 3.05) is 18.1 Å². The van der Waals surface area contributed by atoms with Crippen LogP contribution in [0.3, 0.4) is 0 Å². The van der Waals surface area contributed by atoms with Crippen molar-refractivity contribution >= 4 is 15.8 Å². The van der Waals surface area contributed by atoms with Gasteiger partial charge in [-0.3, -0.25) is 9.69 Å². The fourth-order valence-corrected chi connectivity index (χ4v) is 4.66. The van der Waals surface area contributed by atoms with Crippen molar-refractivity contribution in [1.29, 1.82) is 0 Å². The van der Waals surface area contributed by atoms with Gasteiger partial charge in [-0.05, 0) is 19.3 Å². The van der Waals surface area contributed by atoms with Crippen molar-refractivity contribution in [2.45, 2.75) is 37.9 Å². The van der Waals surface area contributed by atoms with Crippen molar-refractivity contribution < 1.29 is 18.3 Å². The van der Waals surface area contributed by atoms with E-state index in [1.54, 1.807) is 17.4 Å². The number of nitrogens with zero attached hydrogens (tertiary/aromatic N) is 3. The molecule has 2 fully saturated rings. The Morgan fingerprint density at radius 1 is 1.43 bits per heavy atom. The molecule has 0 aromatic carbocycles. The molecule has 2 aliphatic rings. The minimum atomic E-state index is -3.03. The minimum Gasteiger partial charge on any atom is -0.480 e. The van der Waals surface area contributed by atoms with Gasteiger partial charge in [-0.15, -0.1) is 0 Å². The van der Waals surface area contributed by atoms with E-state index in [0.29, 0.717) is 19.0 Å². The zero-order valence-electron chi connectivity index (χ0n) is 11.7. The molecule has 0 radical (unpaired) electrons. The lowest BCUT2D eigenvalue weighted by atomic mass is 10.2. The number of hydrogen-bond acceptors (Lipinski definition) is 5. The maximum Gasteiger partial charge on any atom is 0.317 e. The van der Waals surface area contributed by atoms with Crippen LogP contribution in [0.1, 0.15) is 31.0 Å². The monoisotopic (exact) mass is 313 g/mol. The standard InChI is InChI=1S/C13H19N3O4S/c17-13(18)7-15(11-3-4-21(19,20)8-11)6-12-5-14-9-16(12)10-1-2-10/h5,9-11H,1-4,6-8H2,(H,17,18). The average molecular weight is 313 g/mol. The predicted octanol–water partition coefficient (Wildman–Crippen LogP) is 0.292. The summed E-state index contributed by atoms with van der Waals surface area (Å²) in [5.41, 5.74) is 0.961. The molecule has 0 bridgehead atoms. The summed E-state index contributed by atoms with van der Waals surface area (Å²) < 4.78 is 25.3. The Kier molecular flexibility index (Phi) is 3.75. The molecule has 1 N–H and O–H groups in total. The Morgan fingerprint density at radius 2 is 2.19 bits per heavy atom. The van der Waals surface area contributed by atoms with Crippen LogP contribution in [0.4, 0.5) is 0 Å². The van der Waals surface area contributed by atoms with Crippen molar-refractivity contribution in [1.82, 2.24) is 14.5 Å². The second-order valence-corrected chi connectivity index (χ2v) is 8.11. The number of aromatic nitrogens is 2. The number of carboxylic acids is 1. The van der Waals surface area contributed by atoms with E-state index >= 15 is 0 Å². The van der Waals surface area contributed by atoms with E-state index in [0.717, 1.165) is 18.5 Å². The molecule has 3 rings (SSSR count).